The number of nitrogens with zero attached hydrogens (tertiary/aromatic N) is 3. The van der Waals surface area contributed by atoms with Crippen LogP contribution in [0.4, 0.5) is 0 Å². The van der Waals surface area contributed by atoms with Crippen LogP contribution in [0.2, 0.25) is 0 Å². The highest BCUT2D eigenvalue weighted by Crippen LogP contribution is 2.53. The standard InChI is InChI=1S/C33H43N3O4S/c1-7-16-34(6)18-10-11-24-12-14-25(15-13-24)27-20-26(21-35(27)17-8-2)41-31-22(4)29-28(23(5)37)32(38)36(29)30(31)33(39)40-19-9-3/h7-15,22-23,26-29,37H,1-3,16-21H2,4-6H3/b11-10+/t22-,23-,26+,27-,28-,29-/m1/s1. The molecule has 3 heterocycles. The van der Waals surface area contributed by atoms with Gasteiger partial charge in [-0.2, -0.15) is 0 Å². The van der Waals surface area contributed by atoms with Crippen molar-refractivity contribution in [2.75, 3.05) is 39.8 Å². The highest BCUT2D eigenvalue weighted by Gasteiger charge is 2.60. The Balaban J connectivity index is 1.51. The second-order valence-electron chi connectivity index (χ2n) is 11.2. The van der Waals surface area contributed by atoms with E-state index in [0.29, 0.717) is 5.70 Å². The summed E-state index contributed by atoms with van der Waals surface area (Å²) in [6.07, 6.45) is 9.80. The number of amides is 1. The van der Waals surface area contributed by atoms with E-state index >= 15 is 0 Å². The maximum atomic E-state index is 13.1. The van der Waals surface area contributed by atoms with E-state index in [0.717, 1.165) is 43.1 Å². The number of likely N-dealkylation sites (N-methyl/N-ethyl adjacent to an activating group) is 1. The molecule has 0 aliphatic carbocycles. The van der Waals surface area contributed by atoms with Crippen molar-refractivity contribution in [2.24, 2.45) is 11.8 Å². The fourth-order valence-electron chi connectivity index (χ4n) is 6.21. The Morgan fingerprint density at radius 1 is 1.20 bits per heavy atom. The molecule has 41 heavy (non-hydrogen) atoms. The van der Waals surface area contributed by atoms with Gasteiger partial charge in [-0.05, 0) is 31.5 Å². The Labute approximate surface area is 248 Å². The first-order chi connectivity index (χ1) is 19.7. The zero-order valence-corrected chi connectivity index (χ0v) is 25.3. The number of ether oxygens (including phenoxy) is 1. The molecule has 220 valence electrons. The monoisotopic (exact) mass is 577 g/mol. The van der Waals surface area contributed by atoms with Gasteiger partial charge in [-0.15, -0.1) is 24.9 Å². The van der Waals surface area contributed by atoms with Crippen molar-refractivity contribution in [2.45, 2.75) is 43.7 Å². The number of fused-ring (bicyclic) bond motifs is 1. The van der Waals surface area contributed by atoms with Gasteiger partial charge in [-0.25, -0.2) is 4.79 Å². The number of likely N-dealkylation sites (tertiary alicyclic amines) is 1. The van der Waals surface area contributed by atoms with E-state index in [1.165, 1.54) is 11.6 Å². The van der Waals surface area contributed by atoms with E-state index in [1.54, 1.807) is 23.6 Å². The Morgan fingerprint density at radius 2 is 1.93 bits per heavy atom. The number of carbonyl (C=O) groups excluding carboxylic acids is 2. The molecule has 0 bridgehead atoms. The van der Waals surface area contributed by atoms with Crippen LogP contribution in [0.15, 0.2) is 78.9 Å². The van der Waals surface area contributed by atoms with Gasteiger partial charge in [-0.1, -0.05) is 68.1 Å². The van der Waals surface area contributed by atoms with Crippen molar-refractivity contribution in [1.29, 1.82) is 0 Å². The summed E-state index contributed by atoms with van der Waals surface area (Å²) in [5.41, 5.74) is 2.75. The molecule has 0 aromatic heterocycles. The van der Waals surface area contributed by atoms with E-state index in [1.807, 2.05) is 19.1 Å². The summed E-state index contributed by atoms with van der Waals surface area (Å²) < 4.78 is 5.41. The fourth-order valence-corrected chi connectivity index (χ4v) is 7.76. The highest BCUT2D eigenvalue weighted by molar-refractivity contribution is 8.03. The molecule has 8 heteroatoms. The second kappa shape index (κ2) is 13.8. The van der Waals surface area contributed by atoms with Crippen LogP contribution in [0.5, 0.6) is 0 Å². The molecule has 7 nitrogen and oxygen atoms in total. The quantitative estimate of drug-likeness (QED) is 0.196. The molecule has 1 aromatic rings. The summed E-state index contributed by atoms with van der Waals surface area (Å²) in [7, 11) is 2.07. The van der Waals surface area contributed by atoms with Crippen molar-refractivity contribution < 1.29 is 19.4 Å². The van der Waals surface area contributed by atoms with Crippen LogP contribution >= 0.6 is 11.8 Å². The molecule has 2 fully saturated rings. The summed E-state index contributed by atoms with van der Waals surface area (Å²) in [6, 6.07) is 8.72. The molecule has 3 aliphatic rings. The van der Waals surface area contributed by atoms with Crippen molar-refractivity contribution in [3.63, 3.8) is 0 Å². The lowest BCUT2D eigenvalue weighted by atomic mass is 9.79. The van der Waals surface area contributed by atoms with Gasteiger partial charge in [0.25, 0.3) is 0 Å². The average molecular weight is 578 g/mol. The molecular formula is C33H43N3O4S. The molecule has 0 saturated carbocycles. The molecule has 6 atom stereocenters. The van der Waals surface area contributed by atoms with Gasteiger partial charge in [0.15, 0.2) is 0 Å². The van der Waals surface area contributed by atoms with Gasteiger partial charge in [0.2, 0.25) is 5.91 Å². The molecule has 0 unspecified atom stereocenters. The lowest BCUT2D eigenvalue weighted by Gasteiger charge is -2.46. The Kier molecular flexibility index (Phi) is 10.5. The number of carbonyl (C=O) groups is 2. The van der Waals surface area contributed by atoms with E-state index in [-0.39, 0.29) is 35.8 Å². The van der Waals surface area contributed by atoms with Crippen LogP contribution in [0.25, 0.3) is 6.08 Å². The average Bonchev–Trinajstić information content (AvgIpc) is 3.44. The van der Waals surface area contributed by atoms with Crippen LogP contribution in [-0.2, 0) is 14.3 Å². The first kappa shape index (κ1) is 31.0. The Bertz CT molecular complexity index is 1210. The molecular weight excluding hydrogens is 534 g/mol. The lowest BCUT2D eigenvalue weighted by molar-refractivity contribution is -0.164. The molecule has 1 N–H and O–H groups in total. The van der Waals surface area contributed by atoms with Gasteiger partial charge < -0.3 is 14.7 Å². The molecule has 2 saturated heterocycles. The molecule has 4 rings (SSSR count). The van der Waals surface area contributed by atoms with Crippen LogP contribution in [0.1, 0.15) is 37.4 Å². The first-order valence-corrected chi connectivity index (χ1v) is 15.2. The topological polar surface area (TPSA) is 73.3 Å². The van der Waals surface area contributed by atoms with Gasteiger partial charge in [0, 0.05) is 48.3 Å². The van der Waals surface area contributed by atoms with Crippen molar-refractivity contribution in [1.82, 2.24) is 14.7 Å². The normalized spacial score (nSPS) is 26.8. The zero-order valence-electron chi connectivity index (χ0n) is 24.4. The summed E-state index contributed by atoms with van der Waals surface area (Å²) in [6.45, 7) is 18.5. The highest BCUT2D eigenvalue weighted by atomic mass is 32.2. The third-order valence-corrected chi connectivity index (χ3v) is 9.64. The van der Waals surface area contributed by atoms with E-state index < -0.39 is 18.0 Å². The number of rotatable bonds is 14. The van der Waals surface area contributed by atoms with Crippen molar-refractivity contribution in [3.05, 3.63) is 90.0 Å². The van der Waals surface area contributed by atoms with Gasteiger partial charge in [-0.3, -0.25) is 14.6 Å². The van der Waals surface area contributed by atoms with Crippen LogP contribution in [-0.4, -0.2) is 88.9 Å². The molecule has 0 radical (unpaired) electrons. The number of hydrogen-bond acceptors (Lipinski definition) is 7. The van der Waals surface area contributed by atoms with Crippen LogP contribution < -0.4 is 0 Å². The van der Waals surface area contributed by atoms with Gasteiger partial charge >= 0.3 is 5.97 Å². The number of thioether (sulfide) groups is 1. The zero-order chi connectivity index (χ0) is 29.7. The van der Waals surface area contributed by atoms with Gasteiger partial charge in [0.05, 0.1) is 18.1 Å². The number of β-lactam (4-membered cyclic amide) rings is 1. The molecule has 0 spiro atoms. The summed E-state index contributed by atoms with van der Waals surface area (Å²) in [4.78, 5) is 33.2. The number of esters is 1. The van der Waals surface area contributed by atoms with Crippen LogP contribution in [0, 0.1) is 11.8 Å². The number of benzene rings is 1. The lowest BCUT2D eigenvalue weighted by Crippen LogP contribution is -2.63. The largest absolute Gasteiger partial charge is 0.457 e. The smallest absolute Gasteiger partial charge is 0.356 e. The SMILES string of the molecule is C=CCOC(=O)C1=C(S[C@H]2C[C@H](c3ccc(/C=C/CN(C)CC=C)cc3)N(CC=C)C2)[C@H](C)[C@@H]2[C@@H]([C@@H](C)O)C(=O)N12. The van der Waals surface area contributed by atoms with Crippen LogP contribution in [0.3, 0.4) is 0 Å². The Hall–Kier alpha value is -2.91. The number of aliphatic hydroxyl groups is 1. The number of hydrogen-bond donors (Lipinski definition) is 1. The maximum Gasteiger partial charge on any atom is 0.356 e. The third-order valence-electron chi connectivity index (χ3n) is 8.15. The summed E-state index contributed by atoms with van der Waals surface area (Å²) in [5, 5.41) is 10.5. The minimum Gasteiger partial charge on any atom is -0.457 e. The minimum atomic E-state index is -0.772. The van der Waals surface area contributed by atoms with E-state index in [2.05, 4.69) is 73.0 Å². The maximum absolute atomic E-state index is 13.1. The molecule has 1 aromatic carbocycles. The molecule has 1 amide bonds. The van der Waals surface area contributed by atoms with Crippen molar-refractivity contribution >= 4 is 29.7 Å². The van der Waals surface area contributed by atoms with E-state index in [9.17, 15) is 14.7 Å². The first-order valence-electron chi connectivity index (χ1n) is 14.3. The minimum absolute atomic E-state index is 0.0629. The second-order valence-corrected chi connectivity index (χ2v) is 12.5. The van der Waals surface area contributed by atoms with Crippen molar-refractivity contribution in [3.8, 4) is 0 Å². The predicted octanol–water partition coefficient (Wildman–Crippen LogP) is 4.65. The molecule has 3 aliphatic heterocycles. The summed E-state index contributed by atoms with van der Waals surface area (Å²) >= 11 is 1.68. The van der Waals surface area contributed by atoms with E-state index in [4.69, 9.17) is 4.74 Å². The fraction of sp³-hybridized carbons (Fsp3) is 0.455. The van der Waals surface area contributed by atoms with Gasteiger partial charge in [0.1, 0.15) is 12.3 Å². The Morgan fingerprint density at radius 3 is 2.56 bits per heavy atom. The third kappa shape index (κ3) is 6.61. The summed E-state index contributed by atoms with van der Waals surface area (Å²) in [5.74, 6) is -1.28. The number of aliphatic hydroxyl groups excluding tert-OH is 1. The predicted molar refractivity (Wildman–Crippen MR) is 167 cm³/mol.